The van der Waals surface area contributed by atoms with Crippen molar-refractivity contribution >= 4 is 26.0 Å². The molecule has 5 heteroatoms. The number of rotatable bonds is 3. The maximum Gasteiger partial charge on any atom is 0.209 e. The Bertz CT molecular complexity index is 417. The van der Waals surface area contributed by atoms with Crippen molar-refractivity contribution in [3.63, 3.8) is 0 Å². The van der Waals surface area contributed by atoms with Gasteiger partial charge in [-0.15, -0.1) is 0 Å². The van der Waals surface area contributed by atoms with Crippen molar-refractivity contribution < 1.29 is 8.42 Å². The van der Waals surface area contributed by atoms with Gasteiger partial charge < -0.3 is 0 Å². The minimum atomic E-state index is -3.16. The van der Waals surface area contributed by atoms with Crippen molar-refractivity contribution in [2.75, 3.05) is 6.26 Å². The lowest BCUT2D eigenvalue weighted by Gasteiger charge is -2.13. The quantitative estimate of drug-likeness (QED) is 0.919. The highest BCUT2D eigenvalue weighted by Crippen LogP contribution is 2.22. The molecule has 0 bridgehead atoms. The number of nitrogens with one attached hydrogen (secondary N) is 1. The summed E-state index contributed by atoms with van der Waals surface area (Å²) < 4.78 is 25.4. The minimum Gasteiger partial charge on any atom is -0.213 e. The average molecular weight is 278 g/mol. The third-order valence-corrected chi connectivity index (χ3v) is 3.27. The molecule has 1 aromatic rings. The zero-order valence-corrected chi connectivity index (χ0v) is 10.4. The van der Waals surface area contributed by atoms with Crippen LogP contribution in [0, 0.1) is 0 Å². The maximum absolute atomic E-state index is 11.0. The fourth-order valence-electron chi connectivity index (χ4n) is 1.21. The van der Waals surface area contributed by atoms with Gasteiger partial charge in [0.05, 0.1) is 6.26 Å². The average Bonchev–Trinajstić information content (AvgIpc) is 2.01. The Morgan fingerprint density at radius 2 is 1.93 bits per heavy atom. The van der Waals surface area contributed by atoms with Gasteiger partial charge in [-0.2, -0.15) is 0 Å². The Hall–Kier alpha value is -0.390. The first kappa shape index (κ1) is 11.7. The summed E-state index contributed by atoms with van der Waals surface area (Å²) in [4.78, 5) is 0. The second kappa shape index (κ2) is 4.42. The van der Waals surface area contributed by atoms with Crippen LogP contribution in [0.1, 0.15) is 18.5 Å². The van der Waals surface area contributed by atoms with Crippen LogP contribution in [-0.4, -0.2) is 14.7 Å². The third kappa shape index (κ3) is 3.40. The predicted octanol–water partition coefficient (Wildman–Crippen LogP) is 2.06. The molecule has 78 valence electrons. The summed E-state index contributed by atoms with van der Waals surface area (Å²) in [6.45, 7) is 1.81. The molecule has 0 aromatic heterocycles. The monoisotopic (exact) mass is 277 g/mol. The van der Waals surface area contributed by atoms with E-state index in [4.69, 9.17) is 0 Å². The molecule has 1 N–H and O–H groups in total. The van der Waals surface area contributed by atoms with Crippen molar-refractivity contribution in [1.29, 1.82) is 0 Å². The molecule has 0 saturated carbocycles. The van der Waals surface area contributed by atoms with Crippen molar-refractivity contribution in [3.8, 4) is 0 Å². The molecular weight excluding hydrogens is 266 g/mol. The van der Waals surface area contributed by atoms with Crippen LogP contribution >= 0.6 is 15.9 Å². The first-order valence-corrected chi connectivity index (χ1v) is 6.80. The van der Waals surface area contributed by atoms with Crippen molar-refractivity contribution in [3.05, 3.63) is 34.3 Å². The summed E-state index contributed by atoms with van der Waals surface area (Å²) in [5, 5.41) is 0. The molecular formula is C9H12BrNO2S. The number of hydrogen-bond donors (Lipinski definition) is 1. The molecule has 0 fully saturated rings. The molecule has 0 aliphatic rings. The van der Waals surface area contributed by atoms with E-state index < -0.39 is 10.0 Å². The van der Waals surface area contributed by atoms with Crippen LogP contribution in [0.15, 0.2) is 28.7 Å². The van der Waals surface area contributed by atoms with Crippen LogP contribution in [-0.2, 0) is 10.0 Å². The zero-order chi connectivity index (χ0) is 10.8. The van der Waals surface area contributed by atoms with Gasteiger partial charge in [0.1, 0.15) is 0 Å². The van der Waals surface area contributed by atoms with Crippen LogP contribution in [0.4, 0.5) is 0 Å². The van der Waals surface area contributed by atoms with Crippen LogP contribution in [0.3, 0.4) is 0 Å². The van der Waals surface area contributed by atoms with Gasteiger partial charge in [0, 0.05) is 10.5 Å². The second-order valence-corrected chi connectivity index (χ2v) is 5.77. The zero-order valence-electron chi connectivity index (χ0n) is 7.99. The van der Waals surface area contributed by atoms with E-state index in [1.165, 1.54) is 0 Å². The van der Waals surface area contributed by atoms with Gasteiger partial charge in [-0.05, 0) is 18.6 Å². The Morgan fingerprint density at radius 3 is 2.43 bits per heavy atom. The standard InChI is InChI=1S/C9H12BrNO2S/c1-7(11-14(2,12)13)8-5-3-4-6-9(8)10/h3-7,11H,1-2H3/t7-/m1/s1. The molecule has 1 rings (SSSR count). The van der Waals surface area contributed by atoms with E-state index in [9.17, 15) is 8.42 Å². The van der Waals surface area contributed by atoms with Gasteiger partial charge in [0.15, 0.2) is 0 Å². The molecule has 0 aliphatic heterocycles. The van der Waals surface area contributed by atoms with Crippen molar-refractivity contribution in [2.45, 2.75) is 13.0 Å². The number of hydrogen-bond acceptors (Lipinski definition) is 2. The minimum absolute atomic E-state index is 0.222. The lowest BCUT2D eigenvalue weighted by atomic mass is 10.1. The van der Waals surface area contributed by atoms with Gasteiger partial charge in [0.25, 0.3) is 0 Å². The first-order valence-electron chi connectivity index (χ1n) is 4.12. The van der Waals surface area contributed by atoms with Crippen LogP contribution in [0.2, 0.25) is 0 Å². The van der Waals surface area contributed by atoms with E-state index in [0.29, 0.717) is 0 Å². The Balaban J connectivity index is 2.90. The van der Waals surface area contributed by atoms with E-state index >= 15 is 0 Å². The maximum atomic E-state index is 11.0. The SMILES string of the molecule is C[C@@H](NS(C)(=O)=O)c1ccccc1Br. The van der Waals surface area contributed by atoms with E-state index in [2.05, 4.69) is 20.7 Å². The molecule has 1 aromatic carbocycles. The molecule has 0 saturated heterocycles. The highest BCUT2D eigenvalue weighted by Gasteiger charge is 2.12. The second-order valence-electron chi connectivity index (χ2n) is 3.13. The summed E-state index contributed by atoms with van der Waals surface area (Å²) in [5.74, 6) is 0. The Morgan fingerprint density at radius 1 is 1.36 bits per heavy atom. The van der Waals surface area contributed by atoms with Crippen molar-refractivity contribution in [1.82, 2.24) is 4.72 Å². The highest BCUT2D eigenvalue weighted by atomic mass is 79.9. The first-order chi connectivity index (χ1) is 6.40. The van der Waals surface area contributed by atoms with Crippen LogP contribution < -0.4 is 4.72 Å². The van der Waals surface area contributed by atoms with Crippen LogP contribution in [0.25, 0.3) is 0 Å². The summed E-state index contributed by atoms with van der Waals surface area (Å²) in [7, 11) is -3.16. The molecule has 0 aliphatic carbocycles. The van der Waals surface area contributed by atoms with Crippen LogP contribution in [0.5, 0.6) is 0 Å². The van der Waals surface area contributed by atoms with Gasteiger partial charge in [-0.3, -0.25) is 0 Å². The third-order valence-electron chi connectivity index (χ3n) is 1.76. The summed E-state index contributed by atoms with van der Waals surface area (Å²) in [5.41, 5.74) is 0.929. The molecule has 0 amide bonds. The lowest BCUT2D eigenvalue weighted by molar-refractivity contribution is 0.573. The van der Waals surface area contributed by atoms with E-state index in [0.717, 1.165) is 16.3 Å². The molecule has 0 heterocycles. The number of halogens is 1. The fraction of sp³-hybridized carbons (Fsp3) is 0.333. The lowest BCUT2D eigenvalue weighted by Crippen LogP contribution is -2.25. The highest BCUT2D eigenvalue weighted by molar-refractivity contribution is 9.10. The molecule has 3 nitrogen and oxygen atoms in total. The molecule has 14 heavy (non-hydrogen) atoms. The summed E-state index contributed by atoms with van der Waals surface area (Å²) in [6, 6.07) is 7.31. The fourth-order valence-corrected chi connectivity index (χ4v) is 2.61. The number of sulfonamides is 1. The van der Waals surface area contributed by atoms with Gasteiger partial charge in [-0.1, -0.05) is 34.1 Å². The topological polar surface area (TPSA) is 46.2 Å². The Kier molecular flexibility index (Phi) is 3.69. The Labute approximate surface area is 92.7 Å². The van der Waals surface area contributed by atoms with E-state index in [1.54, 1.807) is 6.92 Å². The largest absolute Gasteiger partial charge is 0.213 e. The molecule has 0 radical (unpaired) electrons. The molecule has 0 spiro atoms. The molecule has 0 unspecified atom stereocenters. The van der Waals surface area contributed by atoms with E-state index in [-0.39, 0.29) is 6.04 Å². The summed E-state index contributed by atoms with van der Waals surface area (Å²) in [6.07, 6.45) is 1.15. The number of benzene rings is 1. The summed E-state index contributed by atoms with van der Waals surface area (Å²) >= 11 is 3.37. The van der Waals surface area contributed by atoms with Gasteiger partial charge >= 0.3 is 0 Å². The van der Waals surface area contributed by atoms with Gasteiger partial charge in [0.2, 0.25) is 10.0 Å². The predicted molar refractivity (Wildman–Crippen MR) is 60.5 cm³/mol. The molecule has 1 atom stereocenters. The smallest absolute Gasteiger partial charge is 0.209 e. The van der Waals surface area contributed by atoms with Gasteiger partial charge in [-0.25, -0.2) is 13.1 Å². The van der Waals surface area contributed by atoms with Crippen molar-refractivity contribution in [2.24, 2.45) is 0 Å². The van der Waals surface area contributed by atoms with E-state index in [1.807, 2.05) is 24.3 Å². The normalized spacial score (nSPS) is 13.9.